The van der Waals surface area contributed by atoms with Gasteiger partial charge in [0.1, 0.15) is 5.78 Å². The summed E-state index contributed by atoms with van der Waals surface area (Å²) in [4.78, 5) is 13.3. The molecule has 0 heterocycles. The Balaban J connectivity index is 1.75. The number of hydrogen-bond donors (Lipinski definition) is 1. The molecule has 1 aliphatic carbocycles. The third-order valence-electron chi connectivity index (χ3n) is 5.31. The molecule has 2 atom stereocenters. The van der Waals surface area contributed by atoms with Gasteiger partial charge >= 0.3 is 0 Å². The molecular weight excluding hydrogens is 365 g/mol. The molecule has 2 aromatic carbocycles. The van der Waals surface area contributed by atoms with Crippen molar-refractivity contribution in [2.24, 2.45) is 11.8 Å². The SMILES string of the molecule is Nc1cccc(CC2CCCCCC(Cc3ccc(Cl)c(Cl)c3)C2=O)c1. The Labute approximate surface area is 165 Å². The van der Waals surface area contributed by atoms with Crippen molar-refractivity contribution in [3.05, 3.63) is 63.6 Å². The molecule has 4 heteroatoms. The largest absolute Gasteiger partial charge is 0.399 e. The van der Waals surface area contributed by atoms with Crippen molar-refractivity contribution in [2.45, 2.75) is 44.9 Å². The van der Waals surface area contributed by atoms with E-state index < -0.39 is 0 Å². The van der Waals surface area contributed by atoms with E-state index in [1.54, 1.807) is 0 Å². The second-order valence-corrected chi connectivity index (χ2v) is 8.15. The van der Waals surface area contributed by atoms with Gasteiger partial charge in [-0.3, -0.25) is 4.79 Å². The molecule has 0 spiro atoms. The van der Waals surface area contributed by atoms with Gasteiger partial charge in [0.15, 0.2) is 0 Å². The van der Waals surface area contributed by atoms with Gasteiger partial charge in [0, 0.05) is 17.5 Å². The van der Waals surface area contributed by atoms with Crippen LogP contribution in [0, 0.1) is 11.8 Å². The van der Waals surface area contributed by atoms with E-state index in [9.17, 15) is 4.79 Å². The minimum Gasteiger partial charge on any atom is -0.399 e. The van der Waals surface area contributed by atoms with Crippen molar-refractivity contribution < 1.29 is 4.79 Å². The zero-order valence-electron chi connectivity index (χ0n) is 14.9. The van der Waals surface area contributed by atoms with Crippen LogP contribution in [-0.4, -0.2) is 5.78 Å². The first kappa shape index (κ1) is 19.3. The van der Waals surface area contributed by atoms with Crippen LogP contribution in [-0.2, 0) is 17.6 Å². The number of rotatable bonds is 4. The van der Waals surface area contributed by atoms with Crippen molar-refractivity contribution in [3.63, 3.8) is 0 Å². The van der Waals surface area contributed by atoms with E-state index in [1.165, 1.54) is 6.42 Å². The maximum atomic E-state index is 13.3. The smallest absolute Gasteiger partial charge is 0.139 e. The summed E-state index contributed by atoms with van der Waals surface area (Å²) in [5.74, 6) is 0.515. The third kappa shape index (κ3) is 5.02. The Morgan fingerprint density at radius 2 is 1.50 bits per heavy atom. The molecule has 0 radical (unpaired) electrons. The molecule has 2 unspecified atom stereocenters. The standard InChI is InChI=1S/C22H25Cl2NO/c23-20-10-9-16(14-21(20)24)12-18-7-3-1-2-6-17(22(18)26)11-15-5-4-8-19(25)13-15/h4-5,8-10,13-14,17-18H,1-3,6-7,11-12,25H2. The monoisotopic (exact) mass is 389 g/mol. The fraction of sp³-hybridized carbons (Fsp3) is 0.409. The van der Waals surface area contributed by atoms with Crippen molar-refractivity contribution in [1.29, 1.82) is 0 Å². The minimum absolute atomic E-state index is 0.0543. The van der Waals surface area contributed by atoms with Crippen LogP contribution >= 0.6 is 23.2 Å². The lowest BCUT2D eigenvalue weighted by Crippen LogP contribution is -2.28. The molecular formula is C22H25Cl2NO. The molecule has 0 aromatic heterocycles. The van der Waals surface area contributed by atoms with Crippen LogP contribution in [0.3, 0.4) is 0 Å². The van der Waals surface area contributed by atoms with E-state index >= 15 is 0 Å². The summed E-state index contributed by atoms with van der Waals surface area (Å²) in [6.07, 6.45) is 6.86. The lowest BCUT2D eigenvalue weighted by Gasteiger charge is -2.26. The number of halogens is 2. The highest BCUT2D eigenvalue weighted by Gasteiger charge is 2.28. The van der Waals surface area contributed by atoms with E-state index in [1.807, 2.05) is 36.4 Å². The van der Waals surface area contributed by atoms with Crippen LogP contribution in [0.2, 0.25) is 10.0 Å². The Hall–Kier alpha value is -1.51. The molecule has 0 bridgehead atoms. The van der Waals surface area contributed by atoms with Gasteiger partial charge in [-0.05, 0) is 61.1 Å². The van der Waals surface area contributed by atoms with Gasteiger partial charge in [0.05, 0.1) is 10.0 Å². The molecule has 2 nitrogen and oxygen atoms in total. The van der Waals surface area contributed by atoms with E-state index in [4.69, 9.17) is 28.9 Å². The van der Waals surface area contributed by atoms with Crippen molar-refractivity contribution in [2.75, 3.05) is 5.73 Å². The van der Waals surface area contributed by atoms with Gasteiger partial charge in [0.25, 0.3) is 0 Å². The first-order valence-corrected chi connectivity index (χ1v) is 10.1. The molecule has 1 aliphatic rings. The molecule has 3 rings (SSSR count). The van der Waals surface area contributed by atoms with Gasteiger partial charge < -0.3 is 5.73 Å². The molecule has 0 aliphatic heterocycles. The van der Waals surface area contributed by atoms with Crippen LogP contribution in [0.25, 0.3) is 0 Å². The van der Waals surface area contributed by atoms with Gasteiger partial charge in [-0.1, -0.05) is 60.7 Å². The number of carbonyl (C=O) groups is 1. The predicted molar refractivity (Wildman–Crippen MR) is 110 cm³/mol. The molecule has 1 saturated carbocycles. The molecule has 0 amide bonds. The van der Waals surface area contributed by atoms with Crippen LogP contribution < -0.4 is 5.73 Å². The average molecular weight is 390 g/mol. The first-order valence-electron chi connectivity index (χ1n) is 9.35. The summed E-state index contributed by atoms with van der Waals surface area (Å²) < 4.78 is 0. The van der Waals surface area contributed by atoms with Crippen molar-refractivity contribution >= 4 is 34.7 Å². The molecule has 2 aromatic rings. The minimum atomic E-state index is 0.0543. The van der Waals surface area contributed by atoms with E-state index in [0.29, 0.717) is 15.8 Å². The van der Waals surface area contributed by atoms with Crippen LogP contribution in [0.1, 0.15) is 43.2 Å². The second kappa shape index (κ2) is 8.92. The Kier molecular flexibility index (Phi) is 6.61. The summed E-state index contributed by atoms with van der Waals surface area (Å²) >= 11 is 12.2. The van der Waals surface area contributed by atoms with Crippen molar-refractivity contribution in [3.8, 4) is 0 Å². The highest BCUT2D eigenvalue weighted by Crippen LogP contribution is 2.30. The van der Waals surface area contributed by atoms with E-state index in [2.05, 4.69) is 6.07 Å². The maximum Gasteiger partial charge on any atom is 0.139 e. The van der Waals surface area contributed by atoms with E-state index in [-0.39, 0.29) is 11.8 Å². The molecule has 1 fully saturated rings. The summed E-state index contributed by atoms with van der Waals surface area (Å²) in [5, 5.41) is 1.11. The van der Waals surface area contributed by atoms with Gasteiger partial charge in [-0.2, -0.15) is 0 Å². The van der Waals surface area contributed by atoms with Gasteiger partial charge in [0.2, 0.25) is 0 Å². The Morgan fingerprint density at radius 3 is 2.12 bits per heavy atom. The van der Waals surface area contributed by atoms with Crippen LogP contribution in [0.5, 0.6) is 0 Å². The number of benzene rings is 2. The first-order chi connectivity index (χ1) is 12.5. The maximum absolute atomic E-state index is 13.3. The summed E-state index contributed by atoms with van der Waals surface area (Å²) in [6.45, 7) is 0. The summed E-state index contributed by atoms with van der Waals surface area (Å²) in [6, 6.07) is 13.6. The lowest BCUT2D eigenvalue weighted by atomic mass is 9.78. The number of nitrogen functional groups attached to an aromatic ring is 1. The number of ketones is 1. The fourth-order valence-electron chi connectivity index (χ4n) is 3.94. The number of anilines is 1. The zero-order valence-corrected chi connectivity index (χ0v) is 16.4. The van der Waals surface area contributed by atoms with Crippen molar-refractivity contribution in [1.82, 2.24) is 0 Å². The number of nitrogens with two attached hydrogens (primary N) is 1. The average Bonchev–Trinajstić information content (AvgIpc) is 2.61. The van der Waals surface area contributed by atoms with Gasteiger partial charge in [-0.25, -0.2) is 0 Å². The predicted octanol–water partition coefficient (Wildman–Crippen LogP) is 6.13. The van der Waals surface area contributed by atoms with E-state index in [0.717, 1.165) is 55.3 Å². The van der Waals surface area contributed by atoms with Crippen LogP contribution in [0.15, 0.2) is 42.5 Å². The molecule has 138 valence electrons. The highest BCUT2D eigenvalue weighted by atomic mass is 35.5. The highest BCUT2D eigenvalue weighted by molar-refractivity contribution is 6.42. The quantitative estimate of drug-likeness (QED) is 0.639. The lowest BCUT2D eigenvalue weighted by molar-refractivity contribution is -0.127. The number of carbonyl (C=O) groups excluding carboxylic acids is 1. The number of Topliss-reactive ketones (excluding diaryl/α,β-unsaturated/α-hetero) is 1. The van der Waals surface area contributed by atoms with Gasteiger partial charge in [-0.15, -0.1) is 0 Å². The zero-order chi connectivity index (χ0) is 18.5. The fourth-order valence-corrected chi connectivity index (χ4v) is 4.26. The summed E-state index contributed by atoms with van der Waals surface area (Å²) in [5.41, 5.74) is 8.89. The third-order valence-corrected chi connectivity index (χ3v) is 6.05. The Bertz CT molecular complexity index is 774. The normalized spacial score (nSPS) is 21.2. The second-order valence-electron chi connectivity index (χ2n) is 7.34. The topological polar surface area (TPSA) is 43.1 Å². The molecule has 26 heavy (non-hydrogen) atoms. The Morgan fingerprint density at radius 1 is 0.846 bits per heavy atom. The molecule has 0 saturated heterocycles. The number of hydrogen-bond acceptors (Lipinski definition) is 2. The van der Waals surface area contributed by atoms with Crippen LogP contribution in [0.4, 0.5) is 5.69 Å². The summed E-state index contributed by atoms with van der Waals surface area (Å²) in [7, 11) is 0. The molecule has 2 N–H and O–H groups in total.